The van der Waals surface area contributed by atoms with E-state index in [0.717, 1.165) is 6.42 Å². The monoisotopic (exact) mass is 250 g/mol. The average Bonchev–Trinajstić information content (AvgIpc) is 2.15. The molecule has 0 aromatic heterocycles. The molecule has 0 saturated carbocycles. The van der Waals surface area contributed by atoms with Gasteiger partial charge in [0.25, 0.3) is 0 Å². The summed E-state index contributed by atoms with van der Waals surface area (Å²) in [5.74, 6) is 0.623. The molecule has 0 fully saturated rings. The molecule has 3 N–H and O–H groups in total. The molecule has 0 aliphatic rings. The Morgan fingerprint density at radius 3 is 2.25 bits per heavy atom. The Labute approximate surface area is 100 Å². The van der Waals surface area contributed by atoms with Gasteiger partial charge in [-0.15, -0.1) is 0 Å². The molecular weight excluding hydrogens is 224 g/mol. The first-order valence-corrected chi connectivity index (χ1v) is 7.54. The minimum atomic E-state index is -3.13. The summed E-state index contributed by atoms with van der Waals surface area (Å²) >= 11 is 0. The van der Waals surface area contributed by atoms with Crippen LogP contribution in [0.4, 0.5) is 0 Å². The second-order valence-corrected chi connectivity index (χ2v) is 7.21. The van der Waals surface area contributed by atoms with Crippen molar-refractivity contribution in [1.82, 2.24) is 4.72 Å². The van der Waals surface area contributed by atoms with E-state index in [2.05, 4.69) is 32.4 Å². The van der Waals surface area contributed by atoms with E-state index < -0.39 is 10.0 Å². The first-order chi connectivity index (χ1) is 7.21. The van der Waals surface area contributed by atoms with Crippen molar-refractivity contribution in [2.24, 2.45) is 17.1 Å². The highest BCUT2D eigenvalue weighted by Gasteiger charge is 2.24. The Morgan fingerprint density at radius 2 is 1.81 bits per heavy atom. The maximum absolute atomic E-state index is 11.6. The highest BCUT2D eigenvalue weighted by molar-refractivity contribution is 7.89. The lowest BCUT2D eigenvalue weighted by Crippen LogP contribution is -2.38. The van der Waals surface area contributed by atoms with Crippen LogP contribution in [-0.4, -0.2) is 27.3 Å². The molecule has 0 heterocycles. The molecule has 0 unspecified atom stereocenters. The molecule has 0 saturated heterocycles. The summed E-state index contributed by atoms with van der Waals surface area (Å²) in [6.07, 6.45) is 1.39. The number of nitrogens with two attached hydrogens (primary N) is 1. The van der Waals surface area contributed by atoms with Gasteiger partial charge in [0.15, 0.2) is 0 Å². The number of unbranched alkanes of at least 4 members (excludes halogenated alkanes) is 1. The minimum Gasteiger partial charge on any atom is -0.330 e. The van der Waals surface area contributed by atoms with Gasteiger partial charge in [-0.1, -0.05) is 27.7 Å². The largest absolute Gasteiger partial charge is 0.330 e. The van der Waals surface area contributed by atoms with Gasteiger partial charge in [-0.2, -0.15) is 0 Å². The van der Waals surface area contributed by atoms with E-state index in [-0.39, 0.29) is 11.2 Å². The Hall–Kier alpha value is -0.130. The standard InChI is InChI=1S/C11H26N2O2S/c1-10(2)11(3,4)9-13-16(14,15)8-6-5-7-12/h10,13H,5-9,12H2,1-4H3. The zero-order chi connectivity index (χ0) is 12.8. The molecule has 0 aliphatic carbocycles. The van der Waals surface area contributed by atoms with Crippen molar-refractivity contribution in [3.63, 3.8) is 0 Å². The maximum Gasteiger partial charge on any atom is 0.211 e. The summed E-state index contributed by atoms with van der Waals surface area (Å²) in [6, 6.07) is 0. The lowest BCUT2D eigenvalue weighted by Gasteiger charge is -2.29. The molecule has 0 aromatic rings. The lowest BCUT2D eigenvalue weighted by atomic mass is 9.81. The van der Waals surface area contributed by atoms with Gasteiger partial charge in [-0.25, -0.2) is 13.1 Å². The third kappa shape index (κ3) is 6.45. The lowest BCUT2D eigenvalue weighted by molar-refractivity contribution is 0.252. The quantitative estimate of drug-likeness (QED) is 0.638. The van der Waals surface area contributed by atoms with Gasteiger partial charge in [0.2, 0.25) is 10.0 Å². The Morgan fingerprint density at radius 1 is 1.25 bits per heavy atom. The van der Waals surface area contributed by atoms with E-state index in [1.54, 1.807) is 0 Å². The molecule has 4 nitrogen and oxygen atoms in total. The van der Waals surface area contributed by atoms with E-state index >= 15 is 0 Å². The van der Waals surface area contributed by atoms with Gasteiger partial charge in [-0.05, 0) is 30.7 Å². The van der Waals surface area contributed by atoms with Gasteiger partial charge in [-0.3, -0.25) is 0 Å². The van der Waals surface area contributed by atoms with Crippen LogP contribution in [0.15, 0.2) is 0 Å². The first kappa shape index (κ1) is 15.9. The first-order valence-electron chi connectivity index (χ1n) is 5.88. The fourth-order valence-corrected chi connectivity index (χ4v) is 2.33. The van der Waals surface area contributed by atoms with Crippen molar-refractivity contribution in [1.29, 1.82) is 0 Å². The fourth-order valence-electron chi connectivity index (χ4n) is 1.01. The zero-order valence-corrected chi connectivity index (χ0v) is 11.7. The Balaban J connectivity index is 4.09. The third-order valence-electron chi connectivity index (χ3n) is 3.18. The predicted octanol–water partition coefficient (Wildman–Crippen LogP) is 1.33. The molecular formula is C11H26N2O2S. The summed E-state index contributed by atoms with van der Waals surface area (Å²) in [4.78, 5) is 0. The molecule has 0 rings (SSSR count). The van der Waals surface area contributed by atoms with Gasteiger partial charge in [0.05, 0.1) is 5.75 Å². The number of hydrogen-bond donors (Lipinski definition) is 2. The third-order valence-corrected chi connectivity index (χ3v) is 4.59. The Bertz CT molecular complexity index is 284. The molecule has 0 atom stereocenters. The van der Waals surface area contributed by atoms with E-state index in [9.17, 15) is 8.42 Å². The van der Waals surface area contributed by atoms with E-state index in [1.165, 1.54) is 0 Å². The second kappa shape index (κ2) is 6.57. The van der Waals surface area contributed by atoms with Crippen LogP contribution < -0.4 is 10.5 Å². The van der Waals surface area contributed by atoms with Gasteiger partial charge < -0.3 is 5.73 Å². The van der Waals surface area contributed by atoms with Crippen molar-refractivity contribution < 1.29 is 8.42 Å². The SMILES string of the molecule is CC(C)C(C)(C)CNS(=O)(=O)CCCCN. The fraction of sp³-hybridized carbons (Fsp3) is 1.00. The zero-order valence-electron chi connectivity index (χ0n) is 10.9. The number of sulfonamides is 1. The van der Waals surface area contributed by atoms with Crippen molar-refractivity contribution in [3.05, 3.63) is 0 Å². The maximum atomic E-state index is 11.6. The predicted molar refractivity (Wildman–Crippen MR) is 68.7 cm³/mol. The molecule has 0 bridgehead atoms. The van der Waals surface area contributed by atoms with Crippen molar-refractivity contribution in [2.45, 2.75) is 40.5 Å². The molecule has 16 heavy (non-hydrogen) atoms. The van der Waals surface area contributed by atoms with Crippen molar-refractivity contribution >= 4 is 10.0 Å². The molecule has 0 radical (unpaired) electrons. The Kier molecular flexibility index (Phi) is 6.51. The smallest absolute Gasteiger partial charge is 0.211 e. The topological polar surface area (TPSA) is 72.2 Å². The van der Waals surface area contributed by atoms with Crippen LogP contribution in [0, 0.1) is 11.3 Å². The van der Waals surface area contributed by atoms with Crippen LogP contribution in [0.1, 0.15) is 40.5 Å². The van der Waals surface area contributed by atoms with E-state index in [1.807, 2.05) is 0 Å². The highest BCUT2D eigenvalue weighted by Crippen LogP contribution is 2.24. The van der Waals surface area contributed by atoms with Gasteiger partial charge in [0.1, 0.15) is 0 Å². The molecule has 0 amide bonds. The molecule has 5 heteroatoms. The number of nitrogens with one attached hydrogen (secondary N) is 1. The number of hydrogen-bond acceptors (Lipinski definition) is 3. The van der Waals surface area contributed by atoms with Crippen LogP contribution in [0.5, 0.6) is 0 Å². The van der Waals surface area contributed by atoms with Crippen molar-refractivity contribution in [3.8, 4) is 0 Å². The van der Waals surface area contributed by atoms with Crippen LogP contribution in [0.25, 0.3) is 0 Å². The second-order valence-electron chi connectivity index (χ2n) is 5.28. The van der Waals surface area contributed by atoms with Gasteiger partial charge >= 0.3 is 0 Å². The van der Waals surface area contributed by atoms with Crippen LogP contribution in [-0.2, 0) is 10.0 Å². The molecule has 0 aliphatic heterocycles. The van der Waals surface area contributed by atoms with Crippen LogP contribution in [0.2, 0.25) is 0 Å². The van der Waals surface area contributed by atoms with Gasteiger partial charge in [0, 0.05) is 6.54 Å². The van der Waals surface area contributed by atoms with Crippen molar-refractivity contribution in [2.75, 3.05) is 18.8 Å². The van der Waals surface area contributed by atoms with Crippen LogP contribution >= 0.6 is 0 Å². The van der Waals surface area contributed by atoms with Crippen LogP contribution in [0.3, 0.4) is 0 Å². The minimum absolute atomic E-state index is 0.0130. The number of rotatable bonds is 8. The molecule has 0 aromatic carbocycles. The summed E-state index contributed by atoms with van der Waals surface area (Å²) in [7, 11) is -3.13. The van der Waals surface area contributed by atoms with E-state index in [0.29, 0.717) is 25.4 Å². The molecule has 0 spiro atoms. The summed E-state index contributed by atoms with van der Waals surface area (Å²) in [5, 5.41) is 0. The average molecular weight is 250 g/mol. The summed E-state index contributed by atoms with van der Waals surface area (Å²) in [6.45, 7) is 9.38. The van der Waals surface area contributed by atoms with E-state index in [4.69, 9.17) is 5.73 Å². The summed E-state index contributed by atoms with van der Waals surface area (Å²) < 4.78 is 25.9. The normalized spacial score (nSPS) is 13.4. The molecule has 98 valence electrons. The highest BCUT2D eigenvalue weighted by atomic mass is 32.2. The summed E-state index contributed by atoms with van der Waals surface area (Å²) in [5.41, 5.74) is 5.31.